The normalized spacial score (nSPS) is 11.0. The van der Waals surface area contributed by atoms with Crippen molar-refractivity contribution in [1.82, 2.24) is 0 Å². The molecule has 1 heteroatoms. The van der Waals surface area contributed by atoms with Crippen molar-refractivity contribution in [1.29, 1.82) is 0 Å². The summed E-state index contributed by atoms with van der Waals surface area (Å²) in [6, 6.07) is 4.47. The molecule has 1 aromatic carbocycles. The Hall–Kier alpha value is -0.980. The van der Waals surface area contributed by atoms with Crippen LogP contribution in [-0.4, -0.2) is 0 Å². The van der Waals surface area contributed by atoms with E-state index < -0.39 is 0 Å². The first-order valence-electron chi connectivity index (χ1n) is 6.01. The second kappa shape index (κ2) is 5.20. The van der Waals surface area contributed by atoms with Gasteiger partial charge in [-0.15, -0.1) is 0 Å². The molecular formula is C14H23N. The molecule has 0 amide bonds. The van der Waals surface area contributed by atoms with Gasteiger partial charge in [-0.05, 0) is 41.5 Å². The van der Waals surface area contributed by atoms with Gasteiger partial charge in [-0.25, -0.2) is 0 Å². The average Bonchev–Trinajstić information content (AvgIpc) is 2.20. The Bertz CT molecular complexity index is 326. The summed E-state index contributed by atoms with van der Waals surface area (Å²) in [5.41, 5.74) is 11.2. The SMILES string of the molecule is CCCc1cc(C(C)C)c(CC)cc1N. The van der Waals surface area contributed by atoms with E-state index in [-0.39, 0.29) is 0 Å². The lowest BCUT2D eigenvalue weighted by Crippen LogP contribution is -2.02. The van der Waals surface area contributed by atoms with Crippen molar-refractivity contribution in [2.75, 3.05) is 5.73 Å². The van der Waals surface area contributed by atoms with Crippen LogP contribution in [0.15, 0.2) is 12.1 Å². The topological polar surface area (TPSA) is 26.0 Å². The Morgan fingerprint density at radius 3 is 2.27 bits per heavy atom. The van der Waals surface area contributed by atoms with Crippen molar-refractivity contribution in [3.63, 3.8) is 0 Å². The van der Waals surface area contributed by atoms with Gasteiger partial charge >= 0.3 is 0 Å². The lowest BCUT2D eigenvalue weighted by atomic mass is 9.91. The smallest absolute Gasteiger partial charge is 0.0349 e. The fraction of sp³-hybridized carbons (Fsp3) is 0.571. The van der Waals surface area contributed by atoms with Gasteiger partial charge in [-0.3, -0.25) is 0 Å². The lowest BCUT2D eigenvalue weighted by molar-refractivity contribution is 0.834. The van der Waals surface area contributed by atoms with E-state index in [0.29, 0.717) is 5.92 Å². The fourth-order valence-corrected chi connectivity index (χ4v) is 2.06. The van der Waals surface area contributed by atoms with E-state index in [0.717, 1.165) is 24.9 Å². The van der Waals surface area contributed by atoms with E-state index in [9.17, 15) is 0 Å². The molecule has 0 aromatic heterocycles. The van der Waals surface area contributed by atoms with Crippen LogP contribution >= 0.6 is 0 Å². The molecule has 0 aliphatic carbocycles. The number of rotatable bonds is 4. The first-order chi connectivity index (χ1) is 7.10. The standard InChI is InChI=1S/C14H23N/c1-5-7-12-8-13(10(3)4)11(6-2)9-14(12)15/h8-10H,5-7,15H2,1-4H3. The van der Waals surface area contributed by atoms with E-state index in [2.05, 4.69) is 39.8 Å². The molecule has 0 bridgehead atoms. The monoisotopic (exact) mass is 205 g/mol. The molecule has 1 aromatic rings. The Morgan fingerprint density at radius 1 is 1.13 bits per heavy atom. The molecule has 0 radical (unpaired) electrons. The van der Waals surface area contributed by atoms with Crippen molar-refractivity contribution in [3.8, 4) is 0 Å². The number of hydrogen-bond donors (Lipinski definition) is 1. The average molecular weight is 205 g/mol. The molecule has 15 heavy (non-hydrogen) atoms. The summed E-state index contributed by atoms with van der Waals surface area (Å²) in [5, 5.41) is 0. The third kappa shape index (κ3) is 2.74. The number of nitrogen functional groups attached to an aromatic ring is 1. The minimum Gasteiger partial charge on any atom is -0.398 e. The molecule has 84 valence electrons. The zero-order chi connectivity index (χ0) is 11.4. The van der Waals surface area contributed by atoms with Crippen LogP contribution in [0.5, 0.6) is 0 Å². The zero-order valence-corrected chi connectivity index (χ0v) is 10.4. The van der Waals surface area contributed by atoms with Gasteiger partial charge in [0.25, 0.3) is 0 Å². The highest BCUT2D eigenvalue weighted by Crippen LogP contribution is 2.26. The second-order valence-corrected chi connectivity index (χ2v) is 4.51. The summed E-state index contributed by atoms with van der Waals surface area (Å²) in [7, 11) is 0. The second-order valence-electron chi connectivity index (χ2n) is 4.51. The highest BCUT2D eigenvalue weighted by atomic mass is 14.6. The van der Waals surface area contributed by atoms with Crippen LogP contribution in [0.1, 0.15) is 56.7 Å². The van der Waals surface area contributed by atoms with Crippen LogP contribution < -0.4 is 5.73 Å². The van der Waals surface area contributed by atoms with Crippen molar-refractivity contribution >= 4 is 5.69 Å². The van der Waals surface area contributed by atoms with E-state index in [1.54, 1.807) is 0 Å². The molecule has 0 saturated heterocycles. The van der Waals surface area contributed by atoms with Crippen LogP contribution in [0.4, 0.5) is 5.69 Å². The summed E-state index contributed by atoms with van der Waals surface area (Å²) < 4.78 is 0. The Balaban J connectivity index is 3.17. The number of nitrogens with two attached hydrogens (primary N) is 1. The lowest BCUT2D eigenvalue weighted by Gasteiger charge is -2.15. The van der Waals surface area contributed by atoms with Gasteiger partial charge in [0.2, 0.25) is 0 Å². The third-order valence-electron chi connectivity index (χ3n) is 2.92. The molecule has 0 aliphatic rings. The summed E-state index contributed by atoms with van der Waals surface area (Å²) >= 11 is 0. The molecule has 0 spiro atoms. The number of hydrogen-bond acceptors (Lipinski definition) is 1. The Morgan fingerprint density at radius 2 is 1.80 bits per heavy atom. The molecule has 0 atom stereocenters. The Labute approximate surface area is 93.7 Å². The van der Waals surface area contributed by atoms with Gasteiger partial charge in [0.15, 0.2) is 0 Å². The van der Waals surface area contributed by atoms with Gasteiger partial charge < -0.3 is 5.73 Å². The molecule has 0 aliphatic heterocycles. The molecule has 0 fully saturated rings. The number of benzene rings is 1. The highest BCUT2D eigenvalue weighted by molar-refractivity contribution is 5.53. The van der Waals surface area contributed by atoms with Gasteiger partial charge in [0.1, 0.15) is 0 Å². The van der Waals surface area contributed by atoms with Crippen LogP contribution in [-0.2, 0) is 12.8 Å². The highest BCUT2D eigenvalue weighted by Gasteiger charge is 2.09. The van der Waals surface area contributed by atoms with Crippen molar-refractivity contribution in [2.24, 2.45) is 0 Å². The Kier molecular flexibility index (Phi) is 4.19. The van der Waals surface area contributed by atoms with Crippen LogP contribution in [0.3, 0.4) is 0 Å². The molecule has 1 nitrogen and oxygen atoms in total. The number of anilines is 1. The maximum atomic E-state index is 6.05. The van der Waals surface area contributed by atoms with E-state index in [1.807, 2.05) is 0 Å². The van der Waals surface area contributed by atoms with Crippen LogP contribution in [0.25, 0.3) is 0 Å². The maximum Gasteiger partial charge on any atom is 0.0349 e. The van der Waals surface area contributed by atoms with Gasteiger partial charge in [0, 0.05) is 5.69 Å². The predicted molar refractivity (Wildman–Crippen MR) is 68.3 cm³/mol. The van der Waals surface area contributed by atoms with Crippen molar-refractivity contribution in [3.05, 3.63) is 28.8 Å². The molecule has 2 N–H and O–H groups in total. The first-order valence-corrected chi connectivity index (χ1v) is 6.01. The predicted octanol–water partition coefficient (Wildman–Crippen LogP) is 3.91. The van der Waals surface area contributed by atoms with Gasteiger partial charge in [-0.2, -0.15) is 0 Å². The van der Waals surface area contributed by atoms with Crippen molar-refractivity contribution in [2.45, 2.75) is 52.9 Å². The third-order valence-corrected chi connectivity index (χ3v) is 2.92. The minimum atomic E-state index is 0.594. The van der Waals surface area contributed by atoms with Crippen molar-refractivity contribution < 1.29 is 0 Å². The molecule has 0 heterocycles. The largest absolute Gasteiger partial charge is 0.398 e. The van der Waals surface area contributed by atoms with Crippen LogP contribution in [0.2, 0.25) is 0 Å². The molecular weight excluding hydrogens is 182 g/mol. The summed E-state index contributed by atoms with van der Waals surface area (Å²) in [4.78, 5) is 0. The van der Waals surface area contributed by atoms with Gasteiger partial charge in [-0.1, -0.05) is 40.2 Å². The maximum absolute atomic E-state index is 6.05. The van der Waals surface area contributed by atoms with E-state index in [4.69, 9.17) is 5.73 Å². The first kappa shape index (κ1) is 12.1. The summed E-state index contributed by atoms with van der Waals surface area (Å²) in [6.45, 7) is 8.89. The number of aryl methyl sites for hydroxylation is 2. The fourth-order valence-electron chi connectivity index (χ4n) is 2.06. The molecule has 0 unspecified atom stereocenters. The van der Waals surface area contributed by atoms with Crippen LogP contribution in [0, 0.1) is 0 Å². The van der Waals surface area contributed by atoms with E-state index in [1.165, 1.54) is 16.7 Å². The van der Waals surface area contributed by atoms with Gasteiger partial charge in [0.05, 0.1) is 0 Å². The quantitative estimate of drug-likeness (QED) is 0.741. The zero-order valence-electron chi connectivity index (χ0n) is 10.4. The summed E-state index contributed by atoms with van der Waals surface area (Å²) in [5.74, 6) is 0.594. The molecule has 1 rings (SSSR count). The minimum absolute atomic E-state index is 0.594. The molecule has 0 saturated carbocycles. The summed E-state index contributed by atoms with van der Waals surface area (Å²) in [6.07, 6.45) is 3.33. The van der Waals surface area contributed by atoms with E-state index >= 15 is 0 Å².